The predicted octanol–water partition coefficient (Wildman–Crippen LogP) is 2.01. The quantitative estimate of drug-likeness (QED) is 0.422. The Morgan fingerprint density at radius 1 is 1.33 bits per heavy atom. The molecule has 0 amide bonds. The highest BCUT2D eigenvalue weighted by Crippen LogP contribution is 2.12. The lowest BCUT2D eigenvalue weighted by atomic mass is 10.2. The van der Waals surface area contributed by atoms with Gasteiger partial charge in [0.05, 0.1) is 19.3 Å². The average molecular weight is 209 g/mol. The number of hydrogen-bond donors (Lipinski definition) is 0. The SMILES string of the molecule is [CH2]CCOOC(=O)c1ccc(OC)cc1. The van der Waals surface area contributed by atoms with E-state index in [1.54, 1.807) is 31.4 Å². The van der Waals surface area contributed by atoms with E-state index in [0.29, 0.717) is 24.3 Å². The van der Waals surface area contributed by atoms with Gasteiger partial charge in [-0.1, -0.05) is 6.92 Å². The molecule has 0 aliphatic heterocycles. The molecule has 0 atom stereocenters. The third-order valence-electron chi connectivity index (χ3n) is 1.69. The van der Waals surface area contributed by atoms with E-state index in [9.17, 15) is 4.79 Å². The van der Waals surface area contributed by atoms with Crippen LogP contribution in [0.25, 0.3) is 0 Å². The topological polar surface area (TPSA) is 44.8 Å². The fourth-order valence-electron chi connectivity index (χ4n) is 0.929. The highest BCUT2D eigenvalue weighted by atomic mass is 17.2. The second-order valence-corrected chi connectivity index (χ2v) is 2.77. The van der Waals surface area contributed by atoms with Crippen molar-refractivity contribution in [2.24, 2.45) is 0 Å². The molecule has 15 heavy (non-hydrogen) atoms. The minimum atomic E-state index is -0.522. The molecule has 0 unspecified atom stereocenters. The Bertz CT molecular complexity index is 305. The van der Waals surface area contributed by atoms with Crippen LogP contribution in [0.1, 0.15) is 16.8 Å². The first kappa shape index (κ1) is 11.5. The van der Waals surface area contributed by atoms with Crippen molar-refractivity contribution in [3.05, 3.63) is 36.8 Å². The van der Waals surface area contributed by atoms with E-state index < -0.39 is 5.97 Å². The first-order valence-corrected chi connectivity index (χ1v) is 4.55. The van der Waals surface area contributed by atoms with Crippen LogP contribution >= 0.6 is 0 Å². The highest BCUT2D eigenvalue weighted by Gasteiger charge is 2.07. The number of ether oxygens (including phenoxy) is 1. The van der Waals surface area contributed by atoms with Crippen molar-refractivity contribution in [3.63, 3.8) is 0 Å². The minimum absolute atomic E-state index is 0.294. The molecule has 0 spiro atoms. The second kappa shape index (κ2) is 6.03. The van der Waals surface area contributed by atoms with E-state index >= 15 is 0 Å². The molecule has 1 rings (SSSR count). The molecule has 0 saturated carbocycles. The number of carbonyl (C=O) groups excluding carboxylic acids is 1. The van der Waals surface area contributed by atoms with Gasteiger partial charge in [0.15, 0.2) is 0 Å². The number of benzene rings is 1. The van der Waals surface area contributed by atoms with Gasteiger partial charge in [-0.05, 0) is 30.7 Å². The fourth-order valence-corrected chi connectivity index (χ4v) is 0.929. The first-order chi connectivity index (χ1) is 7.27. The summed E-state index contributed by atoms with van der Waals surface area (Å²) in [5.74, 6) is 0.163. The molecule has 1 aromatic carbocycles. The van der Waals surface area contributed by atoms with E-state index in [4.69, 9.17) is 4.74 Å². The van der Waals surface area contributed by atoms with Crippen molar-refractivity contribution in [2.45, 2.75) is 6.42 Å². The molecule has 0 aliphatic rings. The molecule has 0 saturated heterocycles. The molecule has 0 fully saturated rings. The van der Waals surface area contributed by atoms with E-state index in [0.717, 1.165) is 0 Å². The van der Waals surface area contributed by atoms with Crippen LogP contribution in [-0.2, 0) is 9.78 Å². The highest BCUT2D eigenvalue weighted by molar-refractivity contribution is 5.89. The zero-order valence-corrected chi connectivity index (χ0v) is 8.56. The molecule has 1 radical (unpaired) electrons. The maximum Gasteiger partial charge on any atom is 0.373 e. The Labute approximate surface area is 88.7 Å². The Hall–Kier alpha value is -1.55. The number of methoxy groups -OCH3 is 1. The van der Waals surface area contributed by atoms with E-state index in [2.05, 4.69) is 16.7 Å². The minimum Gasteiger partial charge on any atom is -0.497 e. The predicted molar refractivity (Wildman–Crippen MR) is 54.3 cm³/mol. The summed E-state index contributed by atoms with van der Waals surface area (Å²) in [4.78, 5) is 20.4. The van der Waals surface area contributed by atoms with Gasteiger partial charge in [0.25, 0.3) is 0 Å². The van der Waals surface area contributed by atoms with Gasteiger partial charge >= 0.3 is 5.97 Å². The Kier molecular flexibility index (Phi) is 4.63. The van der Waals surface area contributed by atoms with Gasteiger partial charge in [-0.3, -0.25) is 4.89 Å². The molecule has 0 N–H and O–H groups in total. The normalized spacial score (nSPS) is 9.73. The van der Waals surface area contributed by atoms with Gasteiger partial charge in [-0.15, -0.1) is 0 Å². The maximum absolute atomic E-state index is 11.3. The van der Waals surface area contributed by atoms with Crippen molar-refractivity contribution < 1.29 is 19.3 Å². The maximum atomic E-state index is 11.3. The monoisotopic (exact) mass is 209 g/mol. The van der Waals surface area contributed by atoms with Crippen LogP contribution in [0, 0.1) is 6.92 Å². The molecule has 81 valence electrons. The van der Waals surface area contributed by atoms with Gasteiger partial charge < -0.3 is 4.74 Å². The molecule has 0 aromatic heterocycles. The number of carbonyl (C=O) groups is 1. The van der Waals surface area contributed by atoms with Crippen LogP contribution in [0.3, 0.4) is 0 Å². The van der Waals surface area contributed by atoms with Gasteiger partial charge in [-0.2, -0.15) is 4.89 Å². The van der Waals surface area contributed by atoms with Crippen molar-refractivity contribution in [3.8, 4) is 5.75 Å². The van der Waals surface area contributed by atoms with Gasteiger partial charge in [0, 0.05) is 0 Å². The summed E-state index contributed by atoms with van der Waals surface area (Å²) >= 11 is 0. The Balaban J connectivity index is 2.50. The van der Waals surface area contributed by atoms with Crippen LogP contribution in [-0.4, -0.2) is 19.7 Å². The van der Waals surface area contributed by atoms with Gasteiger partial charge in [0.2, 0.25) is 0 Å². The van der Waals surface area contributed by atoms with E-state index in [-0.39, 0.29) is 0 Å². The van der Waals surface area contributed by atoms with Crippen LogP contribution < -0.4 is 4.74 Å². The lowest BCUT2D eigenvalue weighted by Gasteiger charge is -2.03. The standard InChI is InChI=1S/C11H13O4/c1-3-8-14-15-11(12)9-4-6-10(13-2)7-5-9/h4-7H,1,3,8H2,2H3. The lowest BCUT2D eigenvalue weighted by Crippen LogP contribution is -2.06. The van der Waals surface area contributed by atoms with Crippen LogP contribution in [0.2, 0.25) is 0 Å². The Morgan fingerprint density at radius 3 is 2.53 bits per heavy atom. The van der Waals surface area contributed by atoms with Crippen LogP contribution in [0.15, 0.2) is 24.3 Å². The van der Waals surface area contributed by atoms with E-state index in [1.165, 1.54) is 0 Å². The van der Waals surface area contributed by atoms with Crippen LogP contribution in [0.4, 0.5) is 0 Å². The van der Waals surface area contributed by atoms with E-state index in [1.807, 2.05) is 0 Å². The fraction of sp³-hybridized carbons (Fsp3) is 0.273. The summed E-state index contributed by atoms with van der Waals surface area (Å²) in [6.45, 7) is 3.84. The molecule has 0 aliphatic carbocycles. The molecular formula is C11H13O4. The smallest absolute Gasteiger partial charge is 0.373 e. The summed E-state index contributed by atoms with van der Waals surface area (Å²) < 4.78 is 4.96. The molecule has 0 bridgehead atoms. The molecular weight excluding hydrogens is 196 g/mol. The van der Waals surface area contributed by atoms with Gasteiger partial charge in [-0.25, -0.2) is 4.79 Å². The van der Waals surface area contributed by atoms with Gasteiger partial charge in [0.1, 0.15) is 5.75 Å². The third kappa shape index (κ3) is 3.59. The van der Waals surface area contributed by atoms with Crippen molar-refractivity contribution in [1.29, 1.82) is 0 Å². The Morgan fingerprint density at radius 2 is 2.00 bits per heavy atom. The van der Waals surface area contributed by atoms with Crippen molar-refractivity contribution in [2.75, 3.05) is 13.7 Å². The van der Waals surface area contributed by atoms with Crippen LogP contribution in [0.5, 0.6) is 5.75 Å². The zero-order chi connectivity index (χ0) is 11.1. The summed E-state index contributed by atoms with van der Waals surface area (Å²) in [7, 11) is 1.56. The second-order valence-electron chi connectivity index (χ2n) is 2.77. The lowest BCUT2D eigenvalue weighted by molar-refractivity contribution is -0.239. The number of rotatable bonds is 5. The summed E-state index contributed by atoms with van der Waals surface area (Å²) in [6.07, 6.45) is 0.551. The summed E-state index contributed by atoms with van der Waals surface area (Å²) in [6, 6.07) is 6.57. The molecule has 4 heteroatoms. The van der Waals surface area contributed by atoms with Crippen molar-refractivity contribution in [1.82, 2.24) is 0 Å². The zero-order valence-electron chi connectivity index (χ0n) is 8.56. The largest absolute Gasteiger partial charge is 0.497 e. The number of hydrogen-bond acceptors (Lipinski definition) is 4. The average Bonchev–Trinajstić information content (AvgIpc) is 2.29. The summed E-state index contributed by atoms with van der Waals surface area (Å²) in [5, 5.41) is 0. The third-order valence-corrected chi connectivity index (χ3v) is 1.69. The molecule has 4 nitrogen and oxygen atoms in total. The summed E-state index contributed by atoms with van der Waals surface area (Å²) in [5.41, 5.74) is 0.417. The van der Waals surface area contributed by atoms with Crippen molar-refractivity contribution >= 4 is 5.97 Å². The molecule has 1 aromatic rings. The molecule has 0 heterocycles. The first-order valence-electron chi connectivity index (χ1n) is 4.55.